The van der Waals surface area contributed by atoms with E-state index in [0.29, 0.717) is 0 Å². The maximum atomic E-state index is 2.12. The van der Waals surface area contributed by atoms with E-state index in [-0.39, 0.29) is 89.1 Å². The van der Waals surface area contributed by atoms with Crippen LogP contribution in [-0.2, 0) is 0 Å². The molecule has 0 saturated heterocycles. The molecule has 0 radical (unpaired) electrons. The van der Waals surface area contributed by atoms with E-state index in [4.69, 9.17) is 0 Å². The Hall–Kier alpha value is 0. The van der Waals surface area contributed by atoms with Crippen LogP contribution in [-0.4, -0.2) is 0 Å². The average Bonchev–Trinajstić information content (AvgIpc) is 2.48. The molecule has 0 amide bonds. The Morgan fingerprint density at radius 3 is 0.176 bits per heavy atom. The first-order valence-corrected chi connectivity index (χ1v) is 10.5. The van der Waals surface area contributed by atoms with Crippen LogP contribution < -0.4 is 0 Å². The van der Waals surface area contributed by atoms with Crippen LogP contribution in [0.1, 0.15) is 238 Å². The molecule has 0 aliphatic heterocycles. The fourth-order valence-electron chi connectivity index (χ4n) is 0. The molecular formula is C34H108. The summed E-state index contributed by atoms with van der Waals surface area (Å²) in [4.78, 5) is 0. The van der Waals surface area contributed by atoms with Crippen molar-refractivity contribution in [1.29, 1.82) is 0 Å². The third kappa shape index (κ3) is 0. The molecule has 0 spiro atoms. The topological polar surface area (TPSA) is 0 Å². The van der Waals surface area contributed by atoms with Gasteiger partial charge in [-0.15, -0.1) is 0 Å². The minimum Gasteiger partial charge on any atom is -0.0776 e. The highest BCUT2D eigenvalue weighted by Gasteiger charge is 1.37. The van der Waals surface area contributed by atoms with Gasteiger partial charge in [0.25, 0.3) is 0 Å². The van der Waals surface area contributed by atoms with Crippen LogP contribution in [0.5, 0.6) is 0 Å². The van der Waals surface area contributed by atoms with Crippen molar-refractivity contribution in [3.8, 4) is 0 Å². The summed E-state index contributed by atoms with van der Waals surface area (Å²) < 4.78 is 0. The number of hydrogen-bond acceptors (Lipinski definition) is 0. The molecule has 0 bridgehead atoms. The van der Waals surface area contributed by atoms with Gasteiger partial charge in [-0.3, -0.25) is 0 Å². The summed E-state index contributed by atoms with van der Waals surface area (Å²) in [5.74, 6) is 0. The van der Waals surface area contributed by atoms with Gasteiger partial charge in [0.05, 0.1) is 0 Å². The first-order valence-electron chi connectivity index (χ1n) is 10.5. The third-order valence-electron chi connectivity index (χ3n) is 0. The van der Waals surface area contributed by atoms with Gasteiger partial charge in [-0.25, -0.2) is 0 Å². The minimum absolute atomic E-state index is 0. The van der Waals surface area contributed by atoms with E-state index in [2.05, 4.69) is 83.1 Å². The standard InChI is InChI=1S/6C3H8.2C2H6.12CH4/c6*1-3-2;2*1-2;;;;;;;;;;;;/h6*3H2,1-2H3;2*1-2H3;12*1H4. The second kappa shape index (κ2) is 939. The van der Waals surface area contributed by atoms with Gasteiger partial charge in [-0.1, -0.05) is 238 Å². The molecule has 0 fully saturated rings. The SMILES string of the molecule is C.C.C.C.C.C.C.C.C.C.C.C.CC.CC.CCC.CCC.CCC.CCC.CCC.CCC. The lowest BCUT2D eigenvalue weighted by Crippen LogP contribution is -1.27. The van der Waals surface area contributed by atoms with Gasteiger partial charge in [0.1, 0.15) is 0 Å². The van der Waals surface area contributed by atoms with Crippen molar-refractivity contribution in [1.82, 2.24) is 0 Å². The molecule has 0 aliphatic rings. The van der Waals surface area contributed by atoms with Crippen molar-refractivity contribution in [3.05, 3.63) is 0 Å². The summed E-state index contributed by atoms with van der Waals surface area (Å²) >= 11 is 0. The summed E-state index contributed by atoms with van der Waals surface area (Å²) in [5, 5.41) is 0. The first-order chi connectivity index (χ1) is 10.5. The smallest absolute Gasteiger partial charge is 0.0590 e. The number of hydrogen-bond donors (Lipinski definition) is 0. The Balaban J connectivity index is -0.00000000350. The predicted molar refractivity (Wildman–Crippen MR) is 199 cm³/mol. The monoisotopic (exact) mass is 517 g/mol. The van der Waals surface area contributed by atoms with E-state index >= 15 is 0 Å². The van der Waals surface area contributed by atoms with Crippen molar-refractivity contribution >= 4 is 0 Å². The molecule has 0 saturated carbocycles. The summed E-state index contributed by atoms with van der Waals surface area (Å²) in [6.07, 6.45) is 7.50. The lowest BCUT2D eigenvalue weighted by molar-refractivity contribution is 1.09. The second-order valence-electron chi connectivity index (χ2n) is 4.24. The maximum Gasteiger partial charge on any atom is -0.0590 e. The van der Waals surface area contributed by atoms with Crippen LogP contribution in [0.4, 0.5) is 0 Å². The highest BCUT2D eigenvalue weighted by atomic mass is 13.4. The van der Waals surface area contributed by atoms with Gasteiger partial charge in [-0.05, 0) is 0 Å². The molecule has 0 nitrogen and oxygen atoms in total. The predicted octanol–water partition coefficient (Wildman–Crippen LogP) is 18.2. The van der Waals surface area contributed by atoms with E-state index in [1.165, 1.54) is 38.5 Å². The van der Waals surface area contributed by atoms with Gasteiger partial charge in [0.15, 0.2) is 0 Å². The Kier molecular flexibility index (Phi) is 5220. The van der Waals surface area contributed by atoms with E-state index in [0.717, 1.165) is 0 Å². The summed E-state index contributed by atoms with van der Waals surface area (Å²) in [6, 6.07) is 0. The zero-order chi connectivity index (χ0) is 20.2. The summed E-state index contributed by atoms with van der Waals surface area (Å²) in [6.45, 7) is 33.5. The third-order valence-corrected chi connectivity index (χ3v) is 0. The Bertz CT molecular complexity index is 15.5. The lowest BCUT2D eigenvalue weighted by atomic mass is 10.6. The van der Waals surface area contributed by atoms with Crippen molar-refractivity contribution < 1.29 is 0 Å². The fraction of sp³-hybridized carbons (Fsp3) is 1.00. The number of rotatable bonds is 0. The lowest BCUT2D eigenvalue weighted by Gasteiger charge is -1.48. The molecule has 0 unspecified atom stereocenters. The quantitative estimate of drug-likeness (QED) is 0.300. The van der Waals surface area contributed by atoms with Crippen molar-refractivity contribution in [3.63, 3.8) is 0 Å². The maximum absolute atomic E-state index is 2.12. The average molecular weight is 517 g/mol. The largest absolute Gasteiger partial charge is 0.0776 e. The van der Waals surface area contributed by atoms with Gasteiger partial charge in [0.2, 0.25) is 0 Å². The highest BCUT2D eigenvalue weighted by Crippen LogP contribution is 1.57. The summed E-state index contributed by atoms with van der Waals surface area (Å²) in [5.41, 5.74) is 0. The van der Waals surface area contributed by atoms with Crippen LogP contribution in [0.15, 0.2) is 0 Å². The van der Waals surface area contributed by atoms with E-state index in [9.17, 15) is 0 Å². The molecule has 0 heterocycles. The molecule has 0 N–H and O–H groups in total. The first kappa shape index (κ1) is 189. The van der Waals surface area contributed by atoms with Gasteiger partial charge >= 0.3 is 0 Å². The summed E-state index contributed by atoms with van der Waals surface area (Å²) in [7, 11) is 0. The van der Waals surface area contributed by atoms with Gasteiger partial charge in [0, 0.05) is 0 Å². The van der Waals surface area contributed by atoms with Crippen LogP contribution in [0.25, 0.3) is 0 Å². The van der Waals surface area contributed by atoms with Crippen LogP contribution >= 0.6 is 0 Å². The van der Waals surface area contributed by atoms with Crippen molar-refractivity contribution in [2.24, 2.45) is 0 Å². The molecule has 0 aromatic carbocycles. The Labute approximate surface area is 238 Å². The Morgan fingerprint density at radius 1 is 0.176 bits per heavy atom. The van der Waals surface area contributed by atoms with E-state index < -0.39 is 0 Å². The molecule has 0 atom stereocenters. The zero-order valence-electron chi connectivity index (χ0n) is 20.2. The van der Waals surface area contributed by atoms with Crippen molar-refractivity contribution in [2.75, 3.05) is 0 Å². The van der Waals surface area contributed by atoms with Crippen LogP contribution in [0.3, 0.4) is 0 Å². The molecule has 0 aromatic heterocycles. The Morgan fingerprint density at radius 2 is 0.176 bits per heavy atom. The molecule has 34 heavy (non-hydrogen) atoms. The van der Waals surface area contributed by atoms with Crippen LogP contribution in [0.2, 0.25) is 0 Å². The molecule has 0 aliphatic carbocycles. The zero-order valence-corrected chi connectivity index (χ0v) is 20.2. The highest BCUT2D eigenvalue weighted by molar-refractivity contribution is 3.93. The van der Waals surface area contributed by atoms with Crippen LogP contribution in [0, 0.1) is 0 Å². The molecule has 0 aromatic rings. The van der Waals surface area contributed by atoms with Gasteiger partial charge < -0.3 is 0 Å². The minimum atomic E-state index is 0. The molecule has 0 heteroatoms. The normalized spacial score (nSPS) is 3.53. The molecule has 0 rings (SSSR count). The molecule has 244 valence electrons. The van der Waals surface area contributed by atoms with E-state index in [1.54, 1.807) is 0 Å². The van der Waals surface area contributed by atoms with Crippen molar-refractivity contribution in [2.45, 2.75) is 238 Å². The second-order valence-corrected chi connectivity index (χ2v) is 4.24. The fourth-order valence-corrected chi connectivity index (χ4v) is 0. The van der Waals surface area contributed by atoms with E-state index in [1.807, 2.05) is 27.7 Å². The molecular weight excluding hydrogens is 408 g/mol. The van der Waals surface area contributed by atoms with Gasteiger partial charge in [-0.2, -0.15) is 0 Å².